The molecule has 8 heteroatoms. The van der Waals surface area contributed by atoms with Gasteiger partial charge in [0.1, 0.15) is 0 Å². The van der Waals surface area contributed by atoms with Crippen LogP contribution in [-0.4, -0.2) is 30.0 Å². The number of sulfone groups is 1. The molecular formula is C18H17N3O3S2. The number of hydrogen-bond donors (Lipinski definition) is 1. The van der Waals surface area contributed by atoms with Crippen LogP contribution in [0.4, 0.5) is 5.13 Å². The van der Waals surface area contributed by atoms with E-state index in [9.17, 15) is 13.2 Å². The van der Waals surface area contributed by atoms with Crippen molar-refractivity contribution in [3.05, 3.63) is 65.8 Å². The van der Waals surface area contributed by atoms with Crippen LogP contribution in [0.25, 0.3) is 11.3 Å². The van der Waals surface area contributed by atoms with Crippen molar-refractivity contribution in [1.82, 2.24) is 9.97 Å². The minimum absolute atomic E-state index is 0.0649. The molecule has 0 aliphatic rings. The van der Waals surface area contributed by atoms with E-state index in [0.717, 1.165) is 16.8 Å². The normalized spacial score (nSPS) is 11.2. The first-order valence-corrected chi connectivity index (χ1v) is 10.6. The standard InChI is InChI=1S/C18H17N3O3S2/c22-17(8-11-26(23,24)13-14-4-2-1-3-5-14)21-18-20-16(12-25-18)15-6-9-19-10-7-15/h1-7,9-10,12H,8,11,13H2,(H,20,21,22). The summed E-state index contributed by atoms with van der Waals surface area (Å²) in [5.74, 6) is -0.627. The molecule has 0 atom stereocenters. The van der Waals surface area contributed by atoms with Crippen molar-refractivity contribution in [2.45, 2.75) is 12.2 Å². The molecule has 0 unspecified atom stereocenters. The SMILES string of the molecule is O=C(CCS(=O)(=O)Cc1ccccc1)Nc1nc(-c2ccncc2)cs1. The number of carbonyl (C=O) groups is 1. The van der Waals surface area contributed by atoms with Crippen LogP contribution in [0.2, 0.25) is 0 Å². The molecule has 6 nitrogen and oxygen atoms in total. The topological polar surface area (TPSA) is 89.0 Å². The van der Waals surface area contributed by atoms with E-state index in [1.807, 2.05) is 23.6 Å². The van der Waals surface area contributed by atoms with Crippen LogP contribution < -0.4 is 5.32 Å². The fraction of sp³-hybridized carbons (Fsp3) is 0.167. The average molecular weight is 387 g/mol. The number of carbonyl (C=O) groups excluding carboxylic acids is 1. The highest BCUT2D eigenvalue weighted by atomic mass is 32.2. The molecule has 3 rings (SSSR count). The number of nitrogens with zero attached hydrogens (tertiary/aromatic N) is 2. The molecule has 0 saturated carbocycles. The van der Waals surface area contributed by atoms with Gasteiger partial charge in [0, 0.05) is 29.8 Å². The predicted octanol–water partition coefficient (Wildman–Crippen LogP) is 3.15. The van der Waals surface area contributed by atoms with Gasteiger partial charge in [-0.25, -0.2) is 13.4 Å². The van der Waals surface area contributed by atoms with Gasteiger partial charge in [0.2, 0.25) is 5.91 Å². The number of nitrogens with one attached hydrogen (secondary N) is 1. The highest BCUT2D eigenvalue weighted by Crippen LogP contribution is 2.24. The number of aromatic nitrogens is 2. The highest BCUT2D eigenvalue weighted by Gasteiger charge is 2.15. The van der Waals surface area contributed by atoms with E-state index in [2.05, 4.69) is 15.3 Å². The zero-order valence-corrected chi connectivity index (χ0v) is 15.5. The summed E-state index contributed by atoms with van der Waals surface area (Å²) in [5, 5.41) is 4.93. The molecule has 0 bridgehead atoms. The molecule has 0 radical (unpaired) electrons. The first-order chi connectivity index (χ1) is 12.5. The molecule has 2 heterocycles. The van der Waals surface area contributed by atoms with Gasteiger partial charge in [-0.1, -0.05) is 30.3 Å². The van der Waals surface area contributed by atoms with Gasteiger partial charge in [-0.3, -0.25) is 9.78 Å². The van der Waals surface area contributed by atoms with Gasteiger partial charge in [-0.2, -0.15) is 0 Å². The fourth-order valence-electron chi connectivity index (χ4n) is 2.32. The summed E-state index contributed by atoms with van der Waals surface area (Å²) in [7, 11) is -3.34. The van der Waals surface area contributed by atoms with Gasteiger partial charge in [-0.15, -0.1) is 11.3 Å². The number of benzene rings is 1. The van der Waals surface area contributed by atoms with Crippen molar-refractivity contribution in [3.63, 3.8) is 0 Å². The average Bonchev–Trinajstić information content (AvgIpc) is 3.10. The molecule has 0 spiro atoms. The smallest absolute Gasteiger partial charge is 0.227 e. The van der Waals surface area contributed by atoms with Crippen LogP contribution in [-0.2, 0) is 20.4 Å². The van der Waals surface area contributed by atoms with Crippen molar-refractivity contribution >= 4 is 32.2 Å². The third-order valence-corrected chi connectivity index (χ3v) is 5.95. The summed E-state index contributed by atoms with van der Waals surface area (Å²) < 4.78 is 24.3. The Kier molecular flexibility index (Phi) is 5.75. The van der Waals surface area contributed by atoms with E-state index in [4.69, 9.17) is 0 Å². The first kappa shape index (κ1) is 18.2. The van der Waals surface area contributed by atoms with Gasteiger partial charge in [-0.05, 0) is 17.7 Å². The molecule has 0 saturated heterocycles. The Bertz CT molecular complexity index is 971. The van der Waals surface area contributed by atoms with Gasteiger partial charge in [0.25, 0.3) is 0 Å². The quantitative estimate of drug-likeness (QED) is 0.673. The Morgan fingerprint density at radius 1 is 1.08 bits per heavy atom. The molecule has 2 aromatic heterocycles. The molecular weight excluding hydrogens is 370 g/mol. The van der Waals surface area contributed by atoms with Gasteiger partial charge in [0.15, 0.2) is 15.0 Å². The highest BCUT2D eigenvalue weighted by molar-refractivity contribution is 7.90. The summed E-state index contributed by atoms with van der Waals surface area (Å²) in [6.07, 6.45) is 3.24. The molecule has 0 fully saturated rings. The first-order valence-electron chi connectivity index (χ1n) is 7.92. The maximum atomic E-state index is 12.1. The van der Waals surface area contributed by atoms with Gasteiger partial charge < -0.3 is 5.32 Å². The fourth-order valence-corrected chi connectivity index (χ4v) is 4.39. The van der Waals surface area contributed by atoms with Crippen molar-refractivity contribution in [2.24, 2.45) is 0 Å². The lowest BCUT2D eigenvalue weighted by atomic mass is 10.2. The van der Waals surface area contributed by atoms with Crippen LogP contribution in [0.1, 0.15) is 12.0 Å². The van der Waals surface area contributed by atoms with Crippen LogP contribution in [0.5, 0.6) is 0 Å². The van der Waals surface area contributed by atoms with E-state index < -0.39 is 9.84 Å². The summed E-state index contributed by atoms with van der Waals surface area (Å²) in [4.78, 5) is 20.3. The Morgan fingerprint density at radius 2 is 1.81 bits per heavy atom. The Morgan fingerprint density at radius 3 is 2.54 bits per heavy atom. The molecule has 1 amide bonds. The minimum Gasteiger partial charge on any atom is -0.302 e. The van der Waals surface area contributed by atoms with E-state index in [0.29, 0.717) is 5.13 Å². The van der Waals surface area contributed by atoms with Gasteiger partial charge >= 0.3 is 0 Å². The monoisotopic (exact) mass is 387 g/mol. The number of hydrogen-bond acceptors (Lipinski definition) is 6. The van der Waals surface area contributed by atoms with E-state index in [-0.39, 0.29) is 23.8 Å². The maximum Gasteiger partial charge on any atom is 0.227 e. The second kappa shape index (κ2) is 8.20. The molecule has 1 N–H and O–H groups in total. The second-order valence-corrected chi connectivity index (χ2v) is 8.69. The van der Waals surface area contributed by atoms with Crippen LogP contribution >= 0.6 is 11.3 Å². The van der Waals surface area contributed by atoms with Crippen LogP contribution in [0.3, 0.4) is 0 Å². The lowest BCUT2D eigenvalue weighted by molar-refractivity contribution is -0.115. The Balaban J connectivity index is 1.54. The minimum atomic E-state index is -3.34. The second-order valence-electron chi connectivity index (χ2n) is 5.65. The molecule has 3 aromatic rings. The molecule has 134 valence electrons. The summed E-state index contributed by atoms with van der Waals surface area (Å²) in [5.41, 5.74) is 2.36. The Hall–Kier alpha value is -2.58. The Labute approximate surface area is 155 Å². The number of thiazole rings is 1. The van der Waals surface area contributed by atoms with Crippen molar-refractivity contribution in [3.8, 4) is 11.3 Å². The van der Waals surface area contributed by atoms with Crippen molar-refractivity contribution < 1.29 is 13.2 Å². The molecule has 26 heavy (non-hydrogen) atoms. The van der Waals surface area contributed by atoms with E-state index >= 15 is 0 Å². The summed E-state index contributed by atoms with van der Waals surface area (Å²) >= 11 is 1.30. The third-order valence-electron chi connectivity index (χ3n) is 3.60. The van der Waals surface area contributed by atoms with Gasteiger partial charge in [0.05, 0.1) is 17.2 Å². The van der Waals surface area contributed by atoms with Crippen molar-refractivity contribution in [1.29, 1.82) is 0 Å². The van der Waals surface area contributed by atoms with Crippen LogP contribution in [0, 0.1) is 0 Å². The predicted molar refractivity (Wildman–Crippen MR) is 103 cm³/mol. The maximum absolute atomic E-state index is 12.1. The zero-order chi connectivity index (χ0) is 18.4. The summed E-state index contributed by atoms with van der Waals surface area (Å²) in [6, 6.07) is 12.6. The largest absolute Gasteiger partial charge is 0.302 e. The third kappa shape index (κ3) is 5.21. The number of pyridine rings is 1. The number of amides is 1. The molecule has 0 aliphatic carbocycles. The van der Waals surface area contributed by atoms with Crippen molar-refractivity contribution in [2.75, 3.05) is 11.1 Å². The van der Waals surface area contributed by atoms with E-state index in [1.54, 1.807) is 36.7 Å². The number of anilines is 1. The zero-order valence-electron chi connectivity index (χ0n) is 13.8. The number of rotatable bonds is 7. The van der Waals surface area contributed by atoms with E-state index in [1.165, 1.54) is 11.3 Å². The van der Waals surface area contributed by atoms with Crippen LogP contribution in [0.15, 0.2) is 60.2 Å². The molecule has 0 aliphatic heterocycles. The summed E-state index contributed by atoms with van der Waals surface area (Å²) in [6.45, 7) is 0. The lowest BCUT2D eigenvalue weighted by Gasteiger charge is -2.05. The lowest BCUT2D eigenvalue weighted by Crippen LogP contribution is -2.18. The molecule has 1 aromatic carbocycles.